The highest BCUT2D eigenvalue weighted by Crippen LogP contribution is 2.41. The lowest BCUT2D eigenvalue weighted by molar-refractivity contribution is -0.384. The molecule has 2 aromatic rings. The lowest BCUT2D eigenvalue weighted by atomic mass is 9.87. The van der Waals surface area contributed by atoms with Gasteiger partial charge in [0, 0.05) is 35.5 Å². The first-order valence-electron chi connectivity index (χ1n) is 11.3. The number of rotatable bonds is 6. The molecule has 2 aromatic carbocycles. The molecule has 0 spiro atoms. The van der Waals surface area contributed by atoms with Crippen molar-refractivity contribution in [2.45, 2.75) is 46.2 Å². The van der Waals surface area contributed by atoms with Crippen molar-refractivity contribution in [3.8, 4) is 0 Å². The molecule has 2 heterocycles. The summed E-state index contributed by atoms with van der Waals surface area (Å²) >= 11 is 0.758. The molecule has 0 radical (unpaired) electrons. The van der Waals surface area contributed by atoms with E-state index in [1.54, 1.807) is 6.07 Å². The summed E-state index contributed by atoms with van der Waals surface area (Å²) in [6.07, 6.45) is 4.50. The molecule has 182 valence electrons. The molecule has 1 fully saturated rings. The van der Waals surface area contributed by atoms with Crippen molar-refractivity contribution in [2.75, 3.05) is 11.4 Å². The lowest BCUT2D eigenvalue weighted by Crippen LogP contribution is -2.45. The number of halogens is 1. The Kier molecular flexibility index (Phi) is 6.55. The number of fused-ring (bicyclic) bond motifs is 1. The molecule has 9 heteroatoms. The number of nitro benzene ring substituents is 1. The van der Waals surface area contributed by atoms with Crippen LogP contribution < -0.4 is 4.90 Å². The van der Waals surface area contributed by atoms with Gasteiger partial charge in [-0.25, -0.2) is 4.39 Å². The predicted molar refractivity (Wildman–Crippen MR) is 136 cm³/mol. The fourth-order valence-corrected chi connectivity index (χ4v) is 5.37. The molecule has 1 saturated heterocycles. The number of thioether (sulfide) groups is 1. The first-order valence-corrected chi connectivity index (χ1v) is 12.1. The van der Waals surface area contributed by atoms with Gasteiger partial charge in [0.2, 0.25) is 0 Å². The molecule has 0 unspecified atom stereocenters. The normalized spacial score (nSPS) is 18.2. The Balaban J connectivity index is 1.63. The van der Waals surface area contributed by atoms with E-state index in [2.05, 4.69) is 31.7 Å². The van der Waals surface area contributed by atoms with Crippen LogP contribution in [0, 0.1) is 15.9 Å². The van der Waals surface area contributed by atoms with Crippen LogP contribution in [0.2, 0.25) is 0 Å². The van der Waals surface area contributed by atoms with Gasteiger partial charge in [-0.1, -0.05) is 25.1 Å². The van der Waals surface area contributed by atoms with Crippen LogP contribution in [0.25, 0.3) is 11.6 Å². The van der Waals surface area contributed by atoms with Crippen LogP contribution in [-0.4, -0.2) is 33.1 Å². The number of nitro groups is 1. The van der Waals surface area contributed by atoms with Gasteiger partial charge in [0.15, 0.2) is 0 Å². The van der Waals surface area contributed by atoms with Gasteiger partial charge in [-0.3, -0.25) is 24.6 Å². The summed E-state index contributed by atoms with van der Waals surface area (Å²) in [6.45, 7) is 9.03. The topological polar surface area (TPSA) is 83.8 Å². The van der Waals surface area contributed by atoms with Gasteiger partial charge in [-0.05, 0) is 68.3 Å². The highest BCUT2D eigenvalue weighted by Gasteiger charge is 2.36. The van der Waals surface area contributed by atoms with Crippen LogP contribution in [0.3, 0.4) is 0 Å². The van der Waals surface area contributed by atoms with E-state index >= 15 is 4.39 Å². The summed E-state index contributed by atoms with van der Waals surface area (Å²) in [7, 11) is 0. The fraction of sp³-hybridized carbons (Fsp3) is 0.308. The third-order valence-corrected chi connectivity index (χ3v) is 7.10. The zero-order chi connectivity index (χ0) is 25.5. The quantitative estimate of drug-likeness (QED) is 0.263. The number of anilines is 1. The van der Waals surface area contributed by atoms with Gasteiger partial charge >= 0.3 is 0 Å². The molecular weight excluding hydrogens is 469 g/mol. The highest BCUT2D eigenvalue weighted by atomic mass is 32.2. The number of non-ortho nitro benzene ring substituents is 1. The van der Waals surface area contributed by atoms with Gasteiger partial charge in [-0.2, -0.15) is 0 Å². The smallest absolute Gasteiger partial charge is 0.293 e. The lowest BCUT2D eigenvalue weighted by Gasteiger charge is -2.43. The Morgan fingerprint density at radius 3 is 2.49 bits per heavy atom. The average molecular weight is 496 g/mol. The highest BCUT2D eigenvalue weighted by molar-refractivity contribution is 8.18. The molecule has 4 rings (SSSR count). The molecule has 0 aliphatic carbocycles. The number of carbonyl (C=O) groups excluding carboxylic acids is 2. The zero-order valence-corrected chi connectivity index (χ0v) is 20.8. The van der Waals surface area contributed by atoms with Crippen LogP contribution in [0.4, 0.5) is 20.6 Å². The van der Waals surface area contributed by atoms with E-state index in [9.17, 15) is 19.7 Å². The van der Waals surface area contributed by atoms with Crippen molar-refractivity contribution in [3.05, 3.63) is 80.0 Å². The Morgan fingerprint density at radius 1 is 1.17 bits per heavy atom. The number of imide groups is 1. The van der Waals surface area contributed by atoms with Crippen LogP contribution in [0.1, 0.15) is 50.8 Å². The number of carbonyl (C=O) groups is 2. The maximum atomic E-state index is 15.2. The second-order valence-electron chi connectivity index (χ2n) is 9.21. The molecule has 2 aliphatic rings. The Hall–Kier alpha value is -3.46. The average Bonchev–Trinajstić information content (AvgIpc) is 3.05. The van der Waals surface area contributed by atoms with E-state index in [1.165, 1.54) is 36.4 Å². The SMILES string of the molecule is CCCN1c2cc(F)c(/C=C3/SC(=O)N(Cc4ccc([N+](=O)[O-])cc4)C3=O)cc2C(C)=CC1(C)C. The molecule has 35 heavy (non-hydrogen) atoms. The number of nitrogens with zero attached hydrogens (tertiary/aromatic N) is 3. The Labute approximate surface area is 207 Å². The van der Waals surface area contributed by atoms with E-state index in [1.807, 2.05) is 6.92 Å². The van der Waals surface area contributed by atoms with Crippen LogP contribution >= 0.6 is 11.8 Å². The van der Waals surface area contributed by atoms with Crippen LogP contribution in [-0.2, 0) is 11.3 Å². The molecule has 7 nitrogen and oxygen atoms in total. The van der Waals surface area contributed by atoms with E-state index in [4.69, 9.17) is 0 Å². The second-order valence-corrected chi connectivity index (χ2v) is 10.2. The van der Waals surface area contributed by atoms with Crippen molar-refractivity contribution >= 4 is 45.9 Å². The molecule has 0 bridgehead atoms. The van der Waals surface area contributed by atoms with E-state index < -0.39 is 21.9 Å². The van der Waals surface area contributed by atoms with Gasteiger partial charge in [0.25, 0.3) is 16.8 Å². The molecule has 0 aromatic heterocycles. The number of benzene rings is 2. The van der Waals surface area contributed by atoms with Crippen LogP contribution in [0.5, 0.6) is 0 Å². The van der Waals surface area contributed by atoms with Crippen molar-refractivity contribution in [1.82, 2.24) is 4.90 Å². The summed E-state index contributed by atoms with van der Waals surface area (Å²) in [4.78, 5) is 39.2. The standard InChI is InChI=1S/C26H26FN3O4S/c1-5-10-29-22-13-21(27)18(11-20(22)16(2)14-26(29,3)4)12-23-24(31)28(25(32)35-23)15-17-6-8-19(9-7-17)30(33)34/h6-9,11-14H,5,10,15H2,1-4H3/b23-12+. The van der Waals surface area contributed by atoms with Gasteiger partial charge in [-0.15, -0.1) is 0 Å². The van der Waals surface area contributed by atoms with E-state index in [0.29, 0.717) is 5.56 Å². The molecule has 0 N–H and O–H groups in total. The van der Waals surface area contributed by atoms with E-state index in [0.717, 1.165) is 46.5 Å². The third-order valence-electron chi connectivity index (χ3n) is 6.19. The number of hydrogen-bond donors (Lipinski definition) is 0. The maximum Gasteiger partial charge on any atom is 0.293 e. The fourth-order valence-electron chi connectivity index (χ4n) is 4.54. The minimum absolute atomic E-state index is 0.0183. The van der Waals surface area contributed by atoms with Crippen molar-refractivity contribution in [1.29, 1.82) is 0 Å². The number of amides is 2. The van der Waals surface area contributed by atoms with Crippen LogP contribution in [0.15, 0.2) is 47.4 Å². The summed E-state index contributed by atoms with van der Waals surface area (Å²) in [6, 6.07) is 8.91. The third kappa shape index (κ3) is 4.73. The molecule has 0 saturated carbocycles. The number of hydrogen-bond acceptors (Lipinski definition) is 6. The maximum absolute atomic E-state index is 15.2. The predicted octanol–water partition coefficient (Wildman–Crippen LogP) is 6.38. The minimum atomic E-state index is -0.517. The summed E-state index contributed by atoms with van der Waals surface area (Å²) < 4.78 is 15.2. The van der Waals surface area contributed by atoms with Gasteiger partial charge in [0.05, 0.1) is 21.9 Å². The summed E-state index contributed by atoms with van der Waals surface area (Å²) in [5.41, 5.74) is 3.25. The first-order chi connectivity index (χ1) is 16.5. The second kappa shape index (κ2) is 9.30. The molecular formula is C26H26FN3O4S. The van der Waals surface area contributed by atoms with Crippen molar-refractivity contribution in [3.63, 3.8) is 0 Å². The summed E-state index contributed by atoms with van der Waals surface area (Å²) in [5.74, 6) is -0.978. The van der Waals surface area contributed by atoms with Gasteiger partial charge < -0.3 is 4.90 Å². The molecule has 0 atom stereocenters. The monoisotopic (exact) mass is 495 g/mol. The van der Waals surface area contributed by atoms with E-state index in [-0.39, 0.29) is 28.2 Å². The first kappa shape index (κ1) is 24.7. The Morgan fingerprint density at radius 2 is 1.86 bits per heavy atom. The zero-order valence-electron chi connectivity index (χ0n) is 20.0. The number of allylic oxidation sites excluding steroid dienone is 1. The molecule has 2 aliphatic heterocycles. The molecule has 2 amide bonds. The van der Waals surface area contributed by atoms with Gasteiger partial charge in [0.1, 0.15) is 5.82 Å². The van der Waals surface area contributed by atoms with Crippen molar-refractivity contribution < 1.29 is 18.9 Å². The Bertz CT molecular complexity index is 1280. The minimum Gasteiger partial charge on any atom is -0.362 e. The van der Waals surface area contributed by atoms with Crippen molar-refractivity contribution in [2.24, 2.45) is 0 Å². The largest absolute Gasteiger partial charge is 0.362 e. The summed E-state index contributed by atoms with van der Waals surface area (Å²) in [5, 5.41) is 10.4.